The minimum atomic E-state index is 0.744. The van der Waals surface area contributed by atoms with Gasteiger partial charge in [-0.25, -0.2) is 0 Å². The van der Waals surface area contributed by atoms with Crippen molar-refractivity contribution in [3.8, 4) is 0 Å². The van der Waals surface area contributed by atoms with Crippen molar-refractivity contribution in [2.24, 2.45) is 5.73 Å². The minimum absolute atomic E-state index is 0.744. The third-order valence-electron chi connectivity index (χ3n) is 1.95. The molecule has 0 aromatic heterocycles. The Balaban J connectivity index is 3.17. The van der Waals surface area contributed by atoms with Gasteiger partial charge < -0.3 is 5.73 Å². The molecule has 0 unspecified atom stereocenters. The summed E-state index contributed by atoms with van der Waals surface area (Å²) in [6.07, 6.45) is 5.58. The van der Waals surface area contributed by atoms with Gasteiger partial charge in [-0.15, -0.1) is 0 Å². The summed E-state index contributed by atoms with van der Waals surface area (Å²) < 4.78 is 0. The molecular formula is C13H15N. The Hall–Kier alpha value is -1.76. The van der Waals surface area contributed by atoms with Crippen molar-refractivity contribution < 1.29 is 0 Å². The lowest BCUT2D eigenvalue weighted by Crippen LogP contribution is -1.97. The highest BCUT2D eigenvalue weighted by molar-refractivity contribution is 5.77. The quantitative estimate of drug-likeness (QED) is 0.719. The molecule has 0 bridgehead atoms. The van der Waals surface area contributed by atoms with Crippen LogP contribution in [0.3, 0.4) is 0 Å². The number of hydrogen-bond donors (Lipinski definition) is 1. The van der Waals surface area contributed by atoms with Crippen LogP contribution in [0.25, 0.3) is 5.57 Å². The van der Waals surface area contributed by atoms with Gasteiger partial charge >= 0.3 is 0 Å². The molecule has 0 amide bonds. The molecule has 0 aliphatic heterocycles. The van der Waals surface area contributed by atoms with E-state index in [0.29, 0.717) is 0 Å². The third kappa shape index (κ3) is 2.36. The summed E-state index contributed by atoms with van der Waals surface area (Å²) in [5.74, 6) is 0. The van der Waals surface area contributed by atoms with Crippen molar-refractivity contribution in [2.45, 2.75) is 6.92 Å². The summed E-state index contributed by atoms with van der Waals surface area (Å²) in [7, 11) is 0. The van der Waals surface area contributed by atoms with Gasteiger partial charge in [-0.1, -0.05) is 49.1 Å². The van der Waals surface area contributed by atoms with Gasteiger partial charge in [0.25, 0.3) is 0 Å². The second-order valence-electron chi connectivity index (χ2n) is 2.94. The van der Waals surface area contributed by atoms with Crippen molar-refractivity contribution in [2.75, 3.05) is 0 Å². The summed E-state index contributed by atoms with van der Waals surface area (Å²) in [4.78, 5) is 0. The summed E-state index contributed by atoms with van der Waals surface area (Å²) in [6, 6.07) is 10.0. The van der Waals surface area contributed by atoms with Crippen molar-refractivity contribution >= 4 is 5.57 Å². The highest BCUT2D eigenvalue weighted by Gasteiger charge is 1.99. The van der Waals surface area contributed by atoms with Crippen LogP contribution in [0.15, 0.2) is 60.8 Å². The fourth-order valence-corrected chi connectivity index (χ4v) is 1.29. The van der Waals surface area contributed by atoms with E-state index in [2.05, 4.69) is 6.58 Å². The van der Waals surface area contributed by atoms with E-state index >= 15 is 0 Å². The molecule has 1 aromatic rings. The first-order chi connectivity index (χ1) is 6.79. The Morgan fingerprint density at radius 1 is 1.29 bits per heavy atom. The molecule has 14 heavy (non-hydrogen) atoms. The smallest absolute Gasteiger partial charge is 0.0390 e. The molecule has 1 rings (SSSR count). The third-order valence-corrected chi connectivity index (χ3v) is 1.95. The van der Waals surface area contributed by atoms with Gasteiger partial charge in [0, 0.05) is 11.3 Å². The Morgan fingerprint density at radius 2 is 1.93 bits per heavy atom. The first kappa shape index (κ1) is 10.3. The lowest BCUT2D eigenvalue weighted by Gasteiger charge is -2.04. The topological polar surface area (TPSA) is 26.0 Å². The Labute approximate surface area is 85.3 Å². The van der Waals surface area contributed by atoms with E-state index in [1.807, 2.05) is 49.4 Å². The van der Waals surface area contributed by atoms with Gasteiger partial charge in [0.2, 0.25) is 0 Å². The monoisotopic (exact) mass is 185 g/mol. The zero-order valence-electron chi connectivity index (χ0n) is 8.40. The van der Waals surface area contributed by atoms with Gasteiger partial charge in [0.1, 0.15) is 0 Å². The largest absolute Gasteiger partial charge is 0.398 e. The van der Waals surface area contributed by atoms with Crippen LogP contribution < -0.4 is 5.73 Å². The Kier molecular flexibility index (Phi) is 3.74. The molecule has 0 radical (unpaired) electrons. The lowest BCUT2D eigenvalue weighted by atomic mass is 10.0. The Morgan fingerprint density at radius 3 is 2.43 bits per heavy atom. The SMILES string of the molecule is C=C/C(=C(N)\C=C/C)c1ccccc1. The van der Waals surface area contributed by atoms with E-state index in [0.717, 1.165) is 16.8 Å². The molecule has 0 aliphatic rings. The molecule has 0 saturated carbocycles. The van der Waals surface area contributed by atoms with Gasteiger partial charge in [0.05, 0.1) is 0 Å². The molecule has 1 aromatic carbocycles. The Bertz CT molecular complexity index is 358. The van der Waals surface area contributed by atoms with Crippen LogP contribution >= 0.6 is 0 Å². The highest BCUT2D eigenvalue weighted by Crippen LogP contribution is 2.17. The summed E-state index contributed by atoms with van der Waals surface area (Å²) in [5, 5.41) is 0. The van der Waals surface area contributed by atoms with E-state index in [1.54, 1.807) is 6.08 Å². The van der Waals surface area contributed by atoms with Crippen LogP contribution in [0.2, 0.25) is 0 Å². The lowest BCUT2D eigenvalue weighted by molar-refractivity contribution is 1.41. The molecule has 1 nitrogen and oxygen atoms in total. The zero-order valence-corrected chi connectivity index (χ0v) is 8.40. The summed E-state index contributed by atoms with van der Waals surface area (Å²) in [5.41, 5.74) is 8.71. The fourth-order valence-electron chi connectivity index (χ4n) is 1.29. The molecule has 72 valence electrons. The molecule has 0 heterocycles. The second-order valence-corrected chi connectivity index (χ2v) is 2.94. The molecule has 0 fully saturated rings. The maximum absolute atomic E-state index is 5.89. The average molecular weight is 185 g/mol. The van der Waals surface area contributed by atoms with E-state index in [1.165, 1.54) is 0 Å². The first-order valence-corrected chi connectivity index (χ1v) is 4.60. The van der Waals surface area contributed by atoms with Crippen LogP contribution in [0, 0.1) is 0 Å². The minimum Gasteiger partial charge on any atom is -0.398 e. The zero-order chi connectivity index (χ0) is 10.4. The number of allylic oxidation sites excluding steroid dienone is 4. The molecule has 0 atom stereocenters. The van der Waals surface area contributed by atoms with Crippen molar-refractivity contribution in [3.63, 3.8) is 0 Å². The number of rotatable bonds is 3. The predicted molar refractivity (Wildman–Crippen MR) is 62.6 cm³/mol. The van der Waals surface area contributed by atoms with Crippen molar-refractivity contribution in [3.05, 3.63) is 66.4 Å². The van der Waals surface area contributed by atoms with Crippen LogP contribution in [-0.2, 0) is 0 Å². The van der Waals surface area contributed by atoms with E-state index in [4.69, 9.17) is 5.73 Å². The average Bonchev–Trinajstić information content (AvgIpc) is 2.21. The highest BCUT2D eigenvalue weighted by atomic mass is 14.6. The van der Waals surface area contributed by atoms with E-state index in [9.17, 15) is 0 Å². The van der Waals surface area contributed by atoms with Gasteiger partial charge in [-0.2, -0.15) is 0 Å². The molecule has 1 heteroatoms. The van der Waals surface area contributed by atoms with Gasteiger partial charge in [0.15, 0.2) is 0 Å². The van der Waals surface area contributed by atoms with Crippen molar-refractivity contribution in [1.29, 1.82) is 0 Å². The first-order valence-electron chi connectivity index (χ1n) is 4.60. The van der Waals surface area contributed by atoms with Crippen LogP contribution in [0.1, 0.15) is 12.5 Å². The molecule has 0 saturated heterocycles. The van der Waals surface area contributed by atoms with E-state index in [-0.39, 0.29) is 0 Å². The van der Waals surface area contributed by atoms with E-state index < -0.39 is 0 Å². The molecule has 0 spiro atoms. The van der Waals surface area contributed by atoms with Gasteiger partial charge in [-0.3, -0.25) is 0 Å². The summed E-state index contributed by atoms with van der Waals surface area (Å²) in [6.45, 7) is 5.71. The summed E-state index contributed by atoms with van der Waals surface area (Å²) >= 11 is 0. The van der Waals surface area contributed by atoms with Crippen LogP contribution in [0.5, 0.6) is 0 Å². The fraction of sp³-hybridized carbons (Fsp3) is 0.0769. The number of benzene rings is 1. The predicted octanol–water partition coefficient (Wildman–Crippen LogP) is 3.12. The molecular weight excluding hydrogens is 170 g/mol. The second kappa shape index (κ2) is 5.07. The standard InChI is InChI=1S/C13H15N/c1-3-8-13(14)12(4-2)11-9-6-5-7-10-11/h3-10H,2,14H2,1H3/b8-3-,13-12-. The maximum atomic E-state index is 5.89. The number of nitrogens with two attached hydrogens (primary N) is 1. The molecule has 2 N–H and O–H groups in total. The van der Waals surface area contributed by atoms with Gasteiger partial charge in [-0.05, 0) is 18.6 Å². The molecule has 0 aliphatic carbocycles. The number of hydrogen-bond acceptors (Lipinski definition) is 1. The normalized spacial score (nSPS) is 12.6. The van der Waals surface area contributed by atoms with Crippen LogP contribution in [0.4, 0.5) is 0 Å². The maximum Gasteiger partial charge on any atom is 0.0390 e. The van der Waals surface area contributed by atoms with Crippen molar-refractivity contribution in [1.82, 2.24) is 0 Å². The van der Waals surface area contributed by atoms with Crippen LogP contribution in [-0.4, -0.2) is 0 Å².